The van der Waals surface area contributed by atoms with Crippen molar-refractivity contribution < 1.29 is 4.42 Å². The number of rotatable bonds is 6. The van der Waals surface area contributed by atoms with Gasteiger partial charge in [0.2, 0.25) is 5.89 Å². The van der Waals surface area contributed by atoms with Gasteiger partial charge in [0.25, 0.3) is 5.22 Å². The molecule has 4 heterocycles. The second-order valence-corrected chi connectivity index (χ2v) is 10.9. The van der Waals surface area contributed by atoms with Crippen LogP contribution in [-0.2, 0) is 0 Å². The Morgan fingerprint density at radius 3 is 2.67 bits per heavy atom. The number of pyridine rings is 1. The van der Waals surface area contributed by atoms with Crippen molar-refractivity contribution in [3.05, 3.63) is 72.8 Å². The first-order valence-corrected chi connectivity index (χ1v) is 14.0. The lowest BCUT2D eigenvalue weighted by atomic mass is 10.1. The topological polar surface area (TPSA) is 108 Å². The lowest BCUT2D eigenvalue weighted by Gasteiger charge is -2.35. The van der Waals surface area contributed by atoms with Crippen LogP contribution in [0, 0.1) is 6.92 Å². The van der Waals surface area contributed by atoms with E-state index in [0.717, 1.165) is 65.3 Å². The summed E-state index contributed by atoms with van der Waals surface area (Å²) in [6.07, 6.45) is 4.95. The van der Waals surface area contributed by atoms with E-state index in [9.17, 15) is 0 Å². The van der Waals surface area contributed by atoms with Crippen LogP contribution >= 0.6 is 24.0 Å². The van der Waals surface area contributed by atoms with Crippen LogP contribution in [0.3, 0.4) is 0 Å². The van der Waals surface area contributed by atoms with Crippen molar-refractivity contribution >= 4 is 57.1 Å². The molecule has 1 aliphatic rings. The minimum absolute atomic E-state index is 0.383. The van der Waals surface area contributed by atoms with Gasteiger partial charge in [0.05, 0.1) is 22.5 Å². The summed E-state index contributed by atoms with van der Waals surface area (Å²) in [6.45, 7) is 5.81. The molecule has 3 aromatic heterocycles. The average molecular weight is 570 g/mol. The zero-order valence-corrected chi connectivity index (χ0v) is 23.7. The van der Waals surface area contributed by atoms with E-state index in [1.54, 1.807) is 18.7 Å². The molecule has 0 amide bonds. The van der Waals surface area contributed by atoms with Gasteiger partial charge in [-0.25, -0.2) is 9.97 Å². The predicted molar refractivity (Wildman–Crippen MR) is 162 cm³/mol. The first-order valence-electron chi connectivity index (χ1n) is 12.8. The first-order chi connectivity index (χ1) is 19.5. The molecule has 10 nitrogen and oxygen atoms in total. The molecule has 0 spiro atoms. The third-order valence-corrected chi connectivity index (χ3v) is 7.65. The maximum absolute atomic E-state index is 5.90. The number of nitrogens with one attached hydrogen (secondary N) is 2. The highest BCUT2D eigenvalue weighted by atomic mass is 32.2. The van der Waals surface area contributed by atoms with Gasteiger partial charge in [-0.05, 0) is 79.9 Å². The Bertz CT molecular complexity index is 1650. The van der Waals surface area contributed by atoms with Crippen LogP contribution in [0.4, 0.5) is 17.1 Å². The number of fused-ring (bicyclic) bond motifs is 1. The number of aryl methyl sites for hydroxylation is 1. The summed E-state index contributed by atoms with van der Waals surface area (Å²) < 4.78 is 5.90. The number of hydrogen-bond acceptors (Lipinski definition) is 10. The minimum Gasteiger partial charge on any atom is -0.411 e. The van der Waals surface area contributed by atoms with Gasteiger partial charge in [-0.1, -0.05) is 12.1 Å². The van der Waals surface area contributed by atoms with Crippen molar-refractivity contribution in [3.63, 3.8) is 0 Å². The summed E-state index contributed by atoms with van der Waals surface area (Å²) in [4.78, 5) is 18.0. The lowest BCUT2D eigenvalue weighted by Crippen LogP contribution is -2.44. The lowest BCUT2D eigenvalue weighted by molar-refractivity contribution is 0.313. The Kier molecular flexibility index (Phi) is 7.53. The van der Waals surface area contributed by atoms with Gasteiger partial charge in [0.1, 0.15) is 11.4 Å². The molecule has 2 N–H and O–H groups in total. The zero-order chi connectivity index (χ0) is 27.5. The molecule has 12 heteroatoms. The van der Waals surface area contributed by atoms with Crippen molar-refractivity contribution in [2.45, 2.75) is 17.2 Å². The molecule has 0 atom stereocenters. The van der Waals surface area contributed by atoms with Crippen molar-refractivity contribution in [2.24, 2.45) is 0 Å². The Balaban J connectivity index is 1.33. The number of nitrogens with zero attached hydrogens (tertiary/aromatic N) is 7. The number of thiocarbonyl (C=S) groups is 1. The van der Waals surface area contributed by atoms with Crippen molar-refractivity contribution in [3.8, 4) is 11.5 Å². The van der Waals surface area contributed by atoms with Gasteiger partial charge >= 0.3 is 0 Å². The standard InChI is InChI=1S/C28H27N9OS2/c1-18-5-3-7-20(13-18)32-27(39)33-23-14-21-22(15-24(23)37-11-9-36(2)10-12-37)30-17-31-26(21)40-28-35-34-25(38-28)19-6-4-8-29-16-19/h3-8,13-17H,9-12H2,1-2H3,(H2,32,33,39). The Morgan fingerprint density at radius 2 is 1.88 bits per heavy atom. The Hall–Kier alpha value is -4.13. The molecular formula is C28H27N9OS2. The summed E-state index contributed by atoms with van der Waals surface area (Å²) in [6, 6.07) is 16.0. The van der Waals surface area contributed by atoms with E-state index >= 15 is 0 Å². The van der Waals surface area contributed by atoms with E-state index in [1.807, 2.05) is 30.3 Å². The minimum atomic E-state index is 0.383. The molecule has 0 bridgehead atoms. The van der Waals surface area contributed by atoms with Crippen LogP contribution in [0.2, 0.25) is 0 Å². The molecule has 0 aliphatic carbocycles. The number of piperazine rings is 1. The fourth-order valence-electron chi connectivity index (χ4n) is 4.51. The second-order valence-electron chi connectivity index (χ2n) is 9.52. The number of benzene rings is 2. The van der Waals surface area contributed by atoms with E-state index < -0.39 is 0 Å². The number of aromatic nitrogens is 5. The van der Waals surface area contributed by atoms with Crippen molar-refractivity contribution in [2.75, 3.05) is 48.8 Å². The Labute approximate surface area is 241 Å². The highest BCUT2D eigenvalue weighted by Crippen LogP contribution is 2.37. The molecule has 202 valence electrons. The normalized spacial score (nSPS) is 13.9. The summed E-state index contributed by atoms with van der Waals surface area (Å²) in [7, 11) is 2.14. The molecule has 5 aromatic rings. The SMILES string of the molecule is Cc1cccc(NC(=S)Nc2cc3c(Sc4nnc(-c5cccnc5)o4)ncnc3cc2N2CCN(C)CC2)c1. The van der Waals surface area contributed by atoms with E-state index in [1.165, 1.54) is 11.8 Å². The number of anilines is 3. The summed E-state index contributed by atoms with van der Waals surface area (Å²) in [5.41, 5.74) is 5.58. The van der Waals surface area contributed by atoms with Gasteiger partial charge in [-0.3, -0.25) is 4.98 Å². The molecule has 6 rings (SSSR count). The predicted octanol–water partition coefficient (Wildman–Crippen LogP) is 5.10. The molecule has 2 aromatic carbocycles. The molecule has 1 fully saturated rings. The molecular weight excluding hydrogens is 543 g/mol. The van der Waals surface area contributed by atoms with Gasteiger partial charge < -0.3 is 24.9 Å². The summed E-state index contributed by atoms with van der Waals surface area (Å²) in [5, 5.41) is 17.6. The smallest absolute Gasteiger partial charge is 0.283 e. The van der Waals surface area contributed by atoms with Gasteiger partial charge in [-0.2, -0.15) is 0 Å². The third-order valence-electron chi connectivity index (χ3n) is 6.58. The maximum Gasteiger partial charge on any atom is 0.283 e. The average Bonchev–Trinajstić information content (AvgIpc) is 3.43. The number of likely N-dealkylation sites (N-methyl/N-ethyl adjacent to an activating group) is 1. The van der Waals surface area contributed by atoms with Crippen molar-refractivity contribution in [1.29, 1.82) is 0 Å². The van der Waals surface area contributed by atoms with Crippen LogP contribution in [0.5, 0.6) is 0 Å². The fraction of sp³-hybridized carbons (Fsp3) is 0.214. The quantitative estimate of drug-likeness (QED) is 0.210. The van der Waals surface area contributed by atoms with Crippen LogP contribution < -0.4 is 15.5 Å². The Morgan fingerprint density at radius 1 is 1.00 bits per heavy atom. The van der Waals surface area contributed by atoms with Gasteiger partial charge in [0, 0.05) is 49.6 Å². The first kappa shape index (κ1) is 26.1. The molecule has 0 saturated carbocycles. The molecule has 0 radical (unpaired) electrons. The van der Waals surface area contributed by atoms with Crippen LogP contribution in [0.1, 0.15) is 5.56 Å². The second kappa shape index (κ2) is 11.5. The van der Waals surface area contributed by atoms with Crippen LogP contribution in [0.25, 0.3) is 22.4 Å². The summed E-state index contributed by atoms with van der Waals surface area (Å²) >= 11 is 7.02. The maximum atomic E-state index is 5.90. The van der Waals surface area contributed by atoms with Gasteiger partial charge in [0.15, 0.2) is 5.11 Å². The summed E-state index contributed by atoms with van der Waals surface area (Å²) in [5.74, 6) is 0.404. The monoisotopic (exact) mass is 569 g/mol. The van der Waals surface area contributed by atoms with E-state index in [4.69, 9.17) is 16.6 Å². The van der Waals surface area contributed by atoms with Crippen LogP contribution in [-0.4, -0.2) is 68.4 Å². The van der Waals surface area contributed by atoms with E-state index in [-0.39, 0.29) is 0 Å². The van der Waals surface area contributed by atoms with E-state index in [2.05, 4.69) is 77.8 Å². The third kappa shape index (κ3) is 5.88. The van der Waals surface area contributed by atoms with Crippen molar-refractivity contribution in [1.82, 2.24) is 30.0 Å². The fourth-order valence-corrected chi connectivity index (χ4v) is 5.47. The van der Waals surface area contributed by atoms with E-state index in [0.29, 0.717) is 21.3 Å². The molecule has 1 aliphatic heterocycles. The largest absolute Gasteiger partial charge is 0.411 e. The molecule has 40 heavy (non-hydrogen) atoms. The number of hydrogen-bond donors (Lipinski definition) is 2. The van der Waals surface area contributed by atoms with Crippen LogP contribution in [0.15, 0.2) is 81.9 Å². The van der Waals surface area contributed by atoms with Gasteiger partial charge in [-0.15, -0.1) is 10.2 Å². The molecule has 1 saturated heterocycles. The molecule has 0 unspecified atom stereocenters. The zero-order valence-electron chi connectivity index (χ0n) is 22.0. The highest BCUT2D eigenvalue weighted by molar-refractivity contribution is 7.99. The highest BCUT2D eigenvalue weighted by Gasteiger charge is 2.21.